The Balaban J connectivity index is 1.75. The van der Waals surface area contributed by atoms with Crippen LogP contribution in [0.5, 0.6) is 0 Å². The number of aryl methyl sites for hydroxylation is 2. The van der Waals surface area contributed by atoms with Crippen LogP contribution in [-0.4, -0.2) is 39.7 Å². The highest BCUT2D eigenvalue weighted by atomic mass is 32.1. The number of thiophene rings is 1. The van der Waals surface area contributed by atoms with Crippen LogP contribution >= 0.6 is 11.3 Å². The second-order valence-corrected chi connectivity index (χ2v) is 7.95. The highest BCUT2D eigenvalue weighted by Gasteiger charge is 2.24. The summed E-state index contributed by atoms with van der Waals surface area (Å²) in [6, 6.07) is 0.505. The number of nitrogens with zero attached hydrogens (tertiary/aromatic N) is 2. The zero-order valence-corrected chi connectivity index (χ0v) is 14.9. The van der Waals surface area contributed by atoms with Crippen LogP contribution in [-0.2, 0) is 6.54 Å². The molecule has 3 rings (SSSR count). The fourth-order valence-corrected chi connectivity index (χ4v) is 4.56. The zero-order valence-electron chi connectivity index (χ0n) is 14.1. The van der Waals surface area contributed by atoms with Crippen LogP contribution in [0, 0.1) is 19.8 Å². The quantitative estimate of drug-likeness (QED) is 0.901. The monoisotopic (exact) mass is 335 g/mol. The molecule has 0 atom stereocenters. The van der Waals surface area contributed by atoms with Crippen LogP contribution in [0.2, 0.25) is 0 Å². The van der Waals surface area contributed by atoms with E-state index in [0.29, 0.717) is 25.1 Å². The number of nitrogens with one attached hydrogen (secondary N) is 1. The average Bonchev–Trinajstić information content (AvgIpc) is 2.82. The lowest BCUT2D eigenvalue weighted by atomic mass is 9.86. The highest BCUT2D eigenvalue weighted by Crippen LogP contribution is 2.28. The maximum atomic E-state index is 12.3. The van der Waals surface area contributed by atoms with Gasteiger partial charge in [-0.1, -0.05) is 0 Å². The number of hydrogen-bond acceptors (Lipinski definition) is 5. The van der Waals surface area contributed by atoms with Crippen molar-refractivity contribution in [3.8, 4) is 0 Å². The first-order valence-corrected chi connectivity index (χ1v) is 9.11. The fraction of sp³-hybridized carbons (Fsp3) is 0.647. The van der Waals surface area contributed by atoms with Gasteiger partial charge in [0.2, 0.25) is 0 Å². The second-order valence-electron chi connectivity index (χ2n) is 6.75. The molecule has 0 radical (unpaired) electrons. The summed E-state index contributed by atoms with van der Waals surface area (Å²) >= 11 is 1.60. The Labute approximate surface area is 140 Å². The lowest BCUT2D eigenvalue weighted by Gasteiger charge is -2.33. The number of hydrogen-bond donors (Lipinski definition) is 2. The maximum Gasteiger partial charge on any atom is 0.259 e. The highest BCUT2D eigenvalue weighted by molar-refractivity contribution is 7.18. The molecule has 1 fully saturated rings. The molecule has 2 heterocycles. The Morgan fingerprint density at radius 2 is 2.00 bits per heavy atom. The summed E-state index contributed by atoms with van der Waals surface area (Å²) in [4.78, 5) is 24.2. The molecule has 1 saturated carbocycles. The van der Waals surface area contributed by atoms with E-state index in [1.54, 1.807) is 11.3 Å². The van der Waals surface area contributed by atoms with E-state index in [9.17, 15) is 9.90 Å². The molecule has 2 aromatic rings. The van der Waals surface area contributed by atoms with Crippen molar-refractivity contribution in [2.24, 2.45) is 5.92 Å². The van der Waals surface area contributed by atoms with Gasteiger partial charge in [-0.25, -0.2) is 4.98 Å². The molecule has 1 aliphatic carbocycles. The van der Waals surface area contributed by atoms with Gasteiger partial charge >= 0.3 is 0 Å². The first kappa shape index (κ1) is 16.6. The molecule has 0 unspecified atom stereocenters. The number of aliphatic hydroxyl groups is 1. The van der Waals surface area contributed by atoms with E-state index in [1.165, 1.54) is 0 Å². The van der Waals surface area contributed by atoms with Crippen molar-refractivity contribution >= 4 is 21.6 Å². The SMILES string of the molecule is Cc1sc2nc(CN(C)C3CCC(CO)CC3)[nH]c(=O)c2c1C. The largest absolute Gasteiger partial charge is 0.396 e. The number of aromatic nitrogens is 2. The number of rotatable bonds is 4. The van der Waals surface area contributed by atoms with E-state index in [2.05, 4.69) is 21.9 Å². The minimum Gasteiger partial charge on any atom is -0.396 e. The van der Waals surface area contributed by atoms with E-state index in [-0.39, 0.29) is 5.56 Å². The van der Waals surface area contributed by atoms with Gasteiger partial charge in [0.05, 0.1) is 11.9 Å². The van der Waals surface area contributed by atoms with Gasteiger partial charge in [-0.15, -0.1) is 11.3 Å². The van der Waals surface area contributed by atoms with Crippen LogP contribution in [0.3, 0.4) is 0 Å². The van der Waals surface area contributed by atoms with E-state index in [0.717, 1.165) is 52.2 Å². The summed E-state index contributed by atoms with van der Waals surface area (Å²) < 4.78 is 0. The van der Waals surface area contributed by atoms with E-state index in [4.69, 9.17) is 0 Å². The minimum atomic E-state index is -0.0239. The first-order chi connectivity index (χ1) is 11.0. The fourth-order valence-electron chi connectivity index (χ4n) is 3.51. The van der Waals surface area contributed by atoms with Gasteiger partial charge in [0.15, 0.2) is 0 Å². The first-order valence-electron chi connectivity index (χ1n) is 8.29. The van der Waals surface area contributed by atoms with Gasteiger partial charge in [0, 0.05) is 17.5 Å². The Bertz CT molecular complexity index is 744. The van der Waals surface area contributed by atoms with Crippen LogP contribution in [0.1, 0.15) is 41.9 Å². The zero-order chi connectivity index (χ0) is 16.6. The maximum absolute atomic E-state index is 12.3. The van der Waals surface area contributed by atoms with Crippen LogP contribution in [0.15, 0.2) is 4.79 Å². The summed E-state index contributed by atoms with van der Waals surface area (Å²) in [5.74, 6) is 1.21. The molecule has 0 spiro atoms. The Hall–Kier alpha value is -1.24. The number of H-pyrrole nitrogens is 1. The van der Waals surface area contributed by atoms with Crippen molar-refractivity contribution in [1.29, 1.82) is 0 Å². The molecular weight excluding hydrogens is 310 g/mol. The Morgan fingerprint density at radius 3 is 2.65 bits per heavy atom. The molecular formula is C17H25N3O2S. The van der Waals surface area contributed by atoms with Crippen molar-refractivity contribution in [3.05, 3.63) is 26.6 Å². The van der Waals surface area contributed by atoms with Crippen LogP contribution in [0.25, 0.3) is 10.2 Å². The molecule has 2 N–H and O–H groups in total. The summed E-state index contributed by atoms with van der Waals surface area (Å²) in [5, 5.41) is 9.98. The summed E-state index contributed by atoms with van der Waals surface area (Å²) in [6.07, 6.45) is 4.37. The molecule has 23 heavy (non-hydrogen) atoms. The lowest BCUT2D eigenvalue weighted by Crippen LogP contribution is -2.36. The summed E-state index contributed by atoms with van der Waals surface area (Å²) in [6.45, 7) is 4.98. The van der Waals surface area contributed by atoms with E-state index < -0.39 is 0 Å². The molecule has 0 aliphatic heterocycles. The van der Waals surface area contributed by atoms with Gasteiger partial charge in [0.25, 0.3) is 5.56 Å². The van der Waals surface area contributed by atoms with Crippen molar-refractivity contribution < 1.29 is 5.11 Å². The third-order valence-electron chi connectivity index (χ3n) is 5.19. The third kappa shape index (κ3) is 3.34. The molecule has 6 heteroatoms. The van der Waals surface area contributed by atoms with Crippen molar-refractivity contribution in [3.63, 3.8) is 0 Å². The van der Waals surface area contributed by atoms with Gasteiger partial charge < -0.3 is 10.1 Å². The Kier molecular flexibility index (Phi) is 4.85. The molecule has 0 aromatic carbocycles. The van der Waals surface area contributed by atoms with Crippen LogP contribution in [0.4, 0.5) is 0 Å². The number of aliphatic hydroxyl groups excluding tert-OH is 1. The topological polar surface area (TPSA) is 69.2 Å². The molecule has 0 bridgehead atoms. The summed E-state index contributed by atoms with van der Waals surface area (Å²) in [7, 11) is 2.10. The van der Waals surface area contributed by atoms with E-state index >= 15 is 0 Å². The molecule has 0 saturated heterocycles. The number of aromatic amines is 1. The third-order valence-corrected chi connectivity index (χ3v) is 6.29. The predicted molar refractivity (Wildman–Crippen MR) is 94.0 cm³/mol. The molecule has 126 valence electrons. The van der Waals surface area contributed by atoms with Gasteiger partial charge in [0.1, 0.15) is 10.7 Å². The van der Waals surface area contributed by atoms with Crippen molar-refractivity contribution in [2.45, 2.75) is 52.1 Å². The van der Waals surface area contributed by atoms with E-state index in [1.807, 2.05) is 13.8 Å². The molecule has 5 nitrogen and oxygen atoms in total. The Morgan fingerprint density at radius 1 is 1.30 bits per heavy atom. The minimum absolute atomic E-state index is 0.0239. The number of fused-ring (bicyclic) bond motifs is 1. The predicted octanol–water partition coefficient (Wildman–Crippen LogP) is 2.58. The smallest absolute Gasteiger partial charge is 0.259 e. The van der Waals surface area contributed by atoms with Crippen molar-refractivity contribution in [1.82, 2.24) is 14.9 Å². The lowest BCUT2D eigenvalue weighted by molar-refractivity contribution is 0.122. The van der Waals surface area contributed by atoms with Crippen LogP contribution < -0.4 is 5.56 Å². The molecule has 2 aromatic heterocycles. The average molecular weight is 335 g/mol. The second kappa shape index (κ2) is 6.71. The van der Waals surface area contributed by atoms with Gasteiger partial charge in [-0.2, -0.15) is 0 Å². The molecule has 1 aliphatic rings. The van der Waals surface area contributed by atoms with Gasteiger partial charge in [-0.3, -0.25) is 9.69 Å². The van der Waals surface area contributed by atoms with Crippen molar-refractivity contribution in [2.75, 3.05) is 13.7 Å². The van der Waals surface area contributed by atoms with Gasteiger partial charge in [-0.05, 0) is 58.1 Å². The standard InChI is InChI=1S/C17H25N3O2S/c1-10-11(2)23-17-15(10)16(22)18-14(19-17)8-20(3)13-6-4-12(9-21)5-7-13/h12-13,21H,4-9H2,1-3H3,(H,18,19,22). The normalized spacial score (nSPS) is 22.1. The summed E-state index contributed by atoms with van der Waals surface area (Å²) in [5.41, 5.74) is 1.02. The molecule has 0 amide bonds.